The summed E-state index contributed by atoms with van der Waals surface area (Å²) in [5.74, 6) is -0.0546. The van der Waals surface area contributed by atoms with Gasteiger partial charge in [-0.2, -0.15) is 0 Å². The summed E-state index contributed by atoms with van der Waals surface area (Å²) in [6.45, 7) is 4.78. The number of halogens is 1. The quantitative estimate of drug-likeness (QED) is 0.764. The third-order valence-corrected chi connectivity index (χ3v) is 4.10. The molecule has 1 saturated heterocycles. The van der Waals surface area contributed by atoms with Gasteiger partial charge in [0.25, 0.3) is 5.91 Å². The summed E-state index contributed by atoms with van der Waals surface area (Å²) in [6, 6.07) is 5.71. The van der Waals surface area contributed by atoms with Crippen molar-refractivity contribution in [2.45, 2.75) is 32.3 Å². The zero-order chi connectivity index (χ0) is 15.1. The Balaban J connectivity index is 1.60. The summed E-state index contributed by atoms with van der Waals surface area (Å²) in [7, 11) is 0. The molecule has 0 aromatic heterocycles. The molecule has 1 amide bonds. The Bertz CT molecular complexity index is 473. The van der Waals surface area contributed by atoms with Gasteiger partial charge in [0, 0.05) is 24.2 Å². The first-order valence-corrected chi connectivity index (χ1v) is 8.20. The van der Waals surface area contributed by atoms with Gasteiger partial charge in [-0.05, 0) is 59.8 Å². The van der Waals surface area contributed by atoms with Crippen molar-refractivity contribution in [3.8, 4) is 0 Å². The van der Waals surface area contributed by atoms with Crippen LogP contribution in [0.2, 0.25) is 0 Å². The molecule has 0 spiro atoms. The van der Waals surface area contributed by atoms with Crippen LogP contribution in [0.5, 0.6) is 0 Å². The maximum absolute atomic E-state index is 12.0. The fourth-order valence-electron chi connectivity index (χ4n) is 2.27. The number of carbonyl (C=O) groups is 1. The molecule has 0 radical (unpaired) electrons. The topological polar surface area (TPSA) is 47.6 Å². The minimum Gasteiger partial charge on any atom is -0.379 e. The third-order valence-electron chi connectivity index (χ3n) is 3.45. The molecular weight excluding hydrogens is 334 g/mol. The van der Waals surface area contributed by atoms with Gasteiger partial charge in [-0.25, -0.2) is 0 Å². The van der Waals surface area contributed by atoms with Gasteiger partial charge in [-0.15, -0.1) is 0 Å². The molecule has 1 N–H and O–H groups in total. The molecule has 1 aliphatic rings. The summed E-state index contributed by atoms with van der Waals surface area (Å²) in [5, 5.41) is 2.91. The van der Waals surface area contributed by atoms with Crippen molar-refractivity contribution >= 4 is 21.8 Å². The highest BCUT2D eigenvalue weighted by molar-refractivity contribution is 9.10. The summed E-state index contributed by atoms with van der Waals surface area (Å²) < 4.78 is 11.9. The Labute approximate surface area is 134 Å². The predicted octanol–water partition coefficient (Wildman–Crippen LogP) is 3.07. The van der Waals surface area contributed by atoms with Crippen LogP contribution in [0.25, 0.3) is 0 Å². The van der Waals surface area contributed by atoms with Crippen LogP contribution in [0.3, 0.4) is 0 Å². The molecule has 5 heteroatoms. The van der Waals surface area contributed by atoms with Crippen LogP contribution in [-0.2, 0) is 9.47 Å². The highest BCUT2D eigenvalue weighted by Gasteiger charge is 2.15. The molecule has 1 fully saturated rings. The lowest BCUT2D eigenvalue weighted by Crippen LogP contribution is -2.26. The molecule has 0 aliphatic carbocycles. The summed E-state index contributed by atoms with van der Waals surface area (Å²) in [5.41, 5.74) is 1.79. The first kappa shape index (κ1) is 16.5. The minimum absolute atomic E-state index is 0.0546. The van der Waals surface area contributed by atoms with Crippen molar-refractivity contribution in [3.05, 3.63) is 33.8 Å². The minimum atomic E-state index is -0.0546. The molecule has 1 aliphatic heterocycles. The van der Waals surface area contributed by atoms with Crippen LogP contribution in [0.1, 0.15) is 35.2 Å². The number of aryl methyl sites for hydroxylation is 1. The second-order valence-corrected chi connectivity index (χ2v) is 6.16. The average molecular weight is 356 g/mol. The lowest BCUT2D eigenvalue weighted by molar-refractivity contribution is 0.0166. The molecular formula is C16H22BrNO3. The normalized spacial score (nSPS) is 17.9. The van der Waals surface area contributed by atoms with E-state index in [1.807, 2.05) is 25.1 Å². The number of rotatable bonds is 7. The monoisotopic (exact) mass is 355 g/mol. The van der Waals surface area contributed by atoms with E-state index in [-0.39, 0.29) is 12.0 Å². The molecule has 1 aromatic rings. The maximum atomic E-state index is 12.0. The SMILES string of the molecule is Cc1ccc(C(=O)NCCCOCC2CCCO2)c(Br)c1. The molecule has 21 heavy (non-hydrogen) atoms. The lowest BCUT2D eigenvalue weighted by Gasteiger charge is -2.10. The van der Waals surface area contributed by atoms with E-state index < -0.39 is 0 Å². The van der Waals surface area contributed by atoms with Gasteiger partial charge in [0.1, 0.15) is 0 Å². The van der Waals surface area contributed by atoms with Crippen molar-refractivity contribution in [1.29, 1.82) is 0 Å². The van der Waals surface area contributed by atoms with Crippen LogP contribution in [0.15, 0.2) is 22.7 Å². The Kier molecular flexibility index (Phi) is 6.67. The van der Waals surface area contributed by atoms with Gasteiger partial charge in [-0.3, -0.25) is 4.79 Å². The second-order valence-electron chi connectivity index (χ2n) is 5.30. The average Bonchev–Trinajstić information content (AvgIpc) is 2.95. The summed E-state index contributed by atoms with van der Waals surface area (Å²) in [4.78, 5) is 12.0. The van der Waals surface area contributed by atoms with E-state index in [9.17, 15) is 4.79 Å². The standard InChI is InChI=1S/C16H22BrNO3/c1-12-5-6-14(15(17)10-12)16(19)18-7-3-8-20-11-13-4-2-9-21-13/h5-6,10,13H,2-4,7-9,11H2,1H3,(H,18,19). The number of nitrogens with one attached hydrogen (secondary N) is 1. The van der Waals surface area contributed by atoms with Gasteiger partial charge in [0.2, 0.25) is 0 Å². The van der Waals surface area contributed by atoms with E-state index in [0.717, 1.165) is 35.9 Å². The molecule has 1 atom stereocenters. The van der Waals surface area contributed by atoms with E-state index in [2.05, 4.69) is 21.2 Å². The molecule has 0 bridgehead atoms. The van der Waals surface area contributed by atoms with Crippen molar-refractivity contribution in [3.63, 3.8) is 0 Å². The Morgan fingerprint density at radius 1 is 1.52 bits per heavy atom. The van der Waals surface area contributed by atoms with Crippen LogP contribution in [-0.4, -0.2) is 38.4 Å². The molecule has 116 valence electrons. The number of hydrogen-bond donors (Lipinski definition) is 1. The zero-order valence-electron chi connectivity index (χ0n) is 12.4. The number of ether oxygens (including phenoxy) is 2. The lowest BCUT2D eigenvalue weighted by atomic mass is 10.1. The van der Waals surface area contributed by atoms with Crippen molar-refractivity contribution in [2.24, 2.45) is 0 Å². The van der Waals surface area contributed by atoms with E-state index in [0.29, 0.717) is 25.3 Å². The first-order valence-electron chi connectivity index (χ1n) is 7.40. The molecule has 2 rings (SSSR count). The summed E-state index contributed by atoms with van der Waals surface area (Å²) in [6.07, 6.45) is 3.30. The number of benzene rings is 1. The van der Waals surface area contributed by atoms with Gasteiger partial charge >= 0.3 is 0 Å². The number of hydrogen-bond acceptors (Lipinski definition) is 3. The third kappa shape index (κ3) is 5.41. The van der Waals surface area contributed by atoms with Gasteiger partial charge in [0.15, 0.2) is 0 Å². The van der Waals surface area contributed by atoms with Crippen molar-refractivity contribution < 1.29 is 14.3 Å². The van der Waals surface area contributed by atoms with Crippen LogP contribution in [0.4, 0.5) is 0 Å². The Morgan fingerprint density at radius 3 is 3.10 bits per heavy atom. The van der Waals surface area contributed by atoms with E-state index in [1.165, 1.54) is 0 Å². The zero-order valence-corrected chi connectivity index (χ0v) is 13.9. The van der Waals surface area contributed by atoms with Crippen LogP contribution in [0, 0.1) is 6.92 Å². The van der Waals surface area contributed by atoms with E-state index in [4.69, 9.17) is 9.47 Å². The van der Waals surface area contributed by atoms with E-state index in [1.54, 1.807) is 0 Å². The fraction of sp³-hybridized carbons (Fsp3) is 0.562. The highest BCUT2D eigenvalue weighted by atomic mass is 79.9. The van der Waals surface area contributed by atoms with E-state index >= 15 is 0 Å². The van der Waals surface area contributed by atoms with Gasteiger partial charge in [0.05, 0.1) is 18.3 Å². The summed E-state index contributed by atoms with van der Waals surface area (Å²) >= 11 is 3.42. The second kappa shape index (κ2) is 8.51. The maximum Gasteiger partial charge on any atom is 0.252 e. The number of amides is 1. The highest BCUT2D eigenvalue weighted by Crippen LogP contribution is 2.18. The Morgan fingerprint density at radius 2 is 2.38 bits per heavy atom. The predicted molar refractivity (Wildman–Crippen MR) is 85.6 cm³/mol. The van der Waals surface area contributed by atoms with Gasteiger partial charge < -0.3 is 14.8 Å². The molecule has 0 saturated carbocycles. The first-order chi connectivity index (χ1) is 10.2. The molecule has 1 unspecified atom stereocenters. The fourth-order valence-corrected chi connectivity index (χ4v) is 2.94. The molecule has 4 nitrogen and oxygen atoms in total. The van der Waals surface area contributed by atoms with Crippen molar-refractivity contribution in [2.75, 3.05) is 26.4 Å². The molecule has 1 aromatic carbocycles. The Hall–Kier alpha value is -0.910. The number of carbonyl (C=O) groups excluding carboxylic acids is 1. The largest absolute Gasteiger partial charge is 0.379 e. The van der Waals surface area contributed by atoms with Crippen LogP contribution < -0.4 is 5.32 Å². The molecule has 1 heterocycles. The van der Waals surface area contributed by atoms with Crippen LogP contribution >= 0.6 is 15.9 Å². The smallest absolute Gasteiger partial charge is 0.252 e. The van der Waals surface area contributed by atoms with Gasteiger partial charge in [-0.1, -0.05) is 6.07 Å². The van der Waals surface area contributed by atoms with Crippen molar-refractivity contribution in [1.82, 2.24) is 5.32 Å².